The number of aromatic nitrogens is 3. The Bertz CT molecular complexity index is 437. The van der Waals surface area contributed by atoms with E-state index >= 15 is 0 Å². The first-order valence-electron chi connectivity index (χ1n) is 6.17. The summed E-state index contributed by atoms with van der Waals surface area (Å²) in [6.07, 6.45) is 7.60. The first kappa shape index (κ1) is 10.1. The molecule has 2 aliphatic rings. The Balaban J connectivity index is 2.01. The number of hydrogen-bond acceptors (Lipinski definition) is 3. The van der Waals surface area contributed by atoms with E-state index in [1.165, 1.54) is 6.42 Å². The number of nitrogens with two attached hydrogens (primary N) is 1. The summed E-state index contributed by atoms with van der Waals surface area (Å²) >= 11 is 0. The van der Waals surface area contributed by atoms with Gasteiger partial charge < -0.3 is 5.73 Å². The first-order chi connectivity index (χ1) is 7.71. The molecular formula is C11H18N4O. The standard InChI is InChI=1S/C11H18N4O/c12-11(6-2-1-3-7-11)9-13-14-10(16)15(9)8-4-5-8/h8H,1-7,12H2,(H,14,16). The van der Waals surface area contributed by atoms with Crippen LogP contribution < -0.4 is 11.4 Å². The maximum absolute atomic E-state index is 11.7. The van der Waals surface area contributed by atoms with E-state index in [0.29, 0.717) is 6.04 Å². The molecule has 0 unspecified atom stereocenters. The van der Waals surface area contributed by atoms with Gasteiger partial charge in [0, 0.05) is 6.04 Å². The predicted octanol–water partition coefficient (Wildman–Crippen LogP) is 1.02. The van der Waals surface area contributed by atoms with Crippen molar-refractivity contribution in [2.75, 3.05) is 0 Å². The Morgan fingerprint density at radius 2 is 2.00 bits per heavy atom. The average Bonchev–Trinajstić information content (AvgIpc) is 3.03. The van der Waals surface area contributed by atoms with Gasteiger partial charge in [-0.3, -0.25) is 4.57 Å². The van der Waals surface area contributed by atoms with Crippen molar-refractivity contribution >= 4 is 0 Å². The van der Waals surface area contributed by atoms with Crippen molar-refractivity contribution < 1.29 is 0 Å². The van der Waals surface area contributed by atoms with Crippen LogP contribution in [-0.2, 0) is 5.54 Å². The van der Waals surface area contributed by atoms with Gasteiger partial charge in [-0.1, -0.05) is 19.3 Å². The highest BCUT2D eigenvalue weighted by Gasteiger charge is 2.38. The zero-order valence-corrected chi connectivity index (χ0v) is 9.41. The third-order valence-corrected chi connectivity index (χ3v) is 3.81. The molecule has 2 fully saturated rings. The molecule has 0 atom stereocenters. The molecule has 0 aromatic carbocycles. The lowest BCUT2D eigenvalue weighted by atomic mass is 9.82. The molecule has 0 amide bonds. The summed E-state index contributed by atoms with van der Waals surface area (Å²) in [5.41, 5.74) is 5.95. The highest BCUT2D eigenvalue weighted by atomic mass is 16.1. The summed E-state index contributed by atoms with van der Waals surface area (Å²) in [6, 6.07) is 0.351. The molecule has 0 saturated heterocycles. The number of aromatic amines is 1. The van der Waals surface area contributed by atoms with Crippen LogP contribution in [-0.4, -0.2) is 14.8 Å². The van der Waals surface area contributed by atoms with Crippen molar-refractivity contribution in [3.63, 3.8) is 0 Å². The van der Waals surface area contributed by atoms with Crippen LogP contribution >= 0.6 is 0 Å². The Morgan fingerprint density at radius 3 is 2.62 bits per heavy atom. The number of nitrogens with one attached hydrogen (secondary N) is 1. The Morgan fingerprint density at radius 1 is 1.31 bits per heavy atom. The van der Waals surface area contributed by atoms with Crippen molar-refractivity contribution in [1.29, 1.82) is 0 Å². The maximum Gasteiger partial charge on any atom is 0.343 e. The minimum Gasteiger partial charge on any atom is -0.319 e. The number of hydrogen-bond donors (Lipinski definition) is 2. The van der Waals surface area contributed by atoms with Gasteiger partial charge in [-0.2, -0.15) is 5.10 Å². The van der Waals surface area contributed by atoms with Gasteiger partial charge in [0.1, 0.15) is 0 Å². The van der Waals surface area contributed by atoms with Gasteiger partial charge in [0.15, 0.2) is 5.82 Å². The van der Waals surface area contributed by atoms with Crippen molar-refractivity contribution in [2.24, 2.45) is 5.73 Å². The smallest absolute Gasteiger partial charge is 0.319 e. The molecule has 0 radical (unpaired) electrons. The maximum atomic E-state index is 11.7. The zero-order chi connectivity index (χ0) is 11.2. The Kier molecular flexibility index (Phi) is 2.17. The molecule has 1 aromatic heterocycles. The quantitative estimate of drug-likeness (QED) is 0.784. The molecule has 5 heteroatoms. The molecule has 88 valence electrons. The fourth-order valence-corrected chi connectivity index (χ4v) is 2.73. The fourth-order valence-electron chi connectivity index (χ4n) is 2.73. The normalized spacial score (nSPS) is 24.6. The molecular weight excluding hydrogens is 204 g/mol. The number of H-pyrrole nitrogens is 1. The van der Waals surface area contributed by atoms with Crippen LogP contribution in [0.4, 0.5) is 0 Å². The monoisotopic (exact) mass is 222 g/mol. The van der Waals surface area contributed by atoms with E-state index in [1.54, 1.807) is 4.57 Å². The third-order valence-electron chi connectivity index (χ3n) is 3.81. The highest BCUT2D eigenvalue weighted by Crippen LogP contribution is 2.39. The van der Waals surface area contributed by atoms with E-state index in [2.05, 4.69) is 10.2 Å². The molecule has 0 bridgehead atoms. The van der Waals surface area contributed by atoms with E-state index < -0.39 is 0 Å². The van der Waals surface area contributed by atoms with E-state index in [1.807, 2.05) is 0 Å². The van der Waals surface area contributed by atoms with Gasteiger partial charge in [-0.25, -0.2) is 9.89 Å². The van der Waals surface area contributed by atoms with Gasteiger partial charge in [0.05, 0.1) is 5.54 Å². The summed E-state index contributed by atoms with van der Waals surface area (Å²) in [5.74, 6) is 0.791. The first-order valence-corrected chi connectivity index (χ1v) is 6.17. The summed E-state index contributed by atoms with van der Waals surface area (Å²) in [5, 5.41) is 6.73. The second-order valence-electron chi connectivity index (χ2n) is 5.17. The molecule has 3 rings (SSSR count). The van der Waals surface area contributed by atoms with Gasteiger partial charge in [-0.15, -0.1) is 0 Å². The van der Waals surface area contributed by atoms with Crippen molar-refractivity contribution in [3.8, 4) is 0 Å². The predicted molar refractivity (Wildman–Crippen MR) is 60.1 cm³/mol. The van der Waals surface area contributed by atoms with Gasteiger partial charge in [-0.05, 0) is 25.7 Å². The molecule has 2 aliphatic carbocycles. The molecule has 0 aliphatic heterocycles. The fraction of sp³-hybridized carbons (Fsp3) is 0.818. The van der Waals surface area contributed by atoms with Gasteiger partial charge in [0.2, 0.25) is 0 Å². The largest absolute Gasteiger partial charge is 0.343 e. The number of nitrogens with zero attached hydrogens (tertiary/aromatic N) is 2. The third kappa shape index (κ3) is 1.50. The lowest BCUT2D eigenvalue weighted by molar-refractivity contribution is 0.276. The molecule has 3 N–H and O–H groups in total. The number of rotatable bonds is 2. The molecule has 16 heavy (non-hydrogen) atoms. The van der Waals surface area contributed by atoms with Crippen LogP contribution in [0.5, 0.6) is 0 Å². The van der Waals surface area contributed by atoms with E-state index in [4.69, 9.17) is 5.73 Å². The van der Waals surface area contributed by atoms with Crippen LogP contribution in [0.25, 0.3) is 0 Å². The van der Waals surface area contributed by atoms with Crippen LogP contribution in [0.3, 0.4) is 0 Å². The van der Waals surface area contributed by atoms with E-state index in [-0.39, 0.29) is 11.2 Å². The van der Waals surface area contributed by atoms with Crippen molar-refractivity contribution in [3.05, 3.63) is 16.3 Å². The zero-order valence-electron chi connectivity index (χ0n) is 9.41. The van der Waals surface area contributed by atoms with Crippen LogP contribution in [0.1, 0.15) is 56.8 Å². The molecule has 1 aromatic rings. The van der Waals surface area contributed by atoms with Gasteiger partial charge in [0.25, 0.3) is 0 Å². The average molecular weight is 222 g/mol. The molecule has 1 heterocycles. The summed E-state index contributed by atoms with van der Waals surface area (Å²) in [6.45, 7) is 0. The molecule has 2 saturated carbocycles. The minimum atomic E-state index is -0.375. The SMILES string of the molecule is NC1(c2n[nH]c(=O)n2C2CC2)CCCCC1. The summed E-state index contributed by atoms with van der Waals surface area (Å²) < 4.78 is 1.80. The van der Waals surface area contributed by atoms with Crippen molar-refractivity contribution in [1.82, 2.24) is 14.8 Å². The van der Waals surface area contributed by atoms with E-state index in [0.717, 1.165) is 44.3 Å². The Labute approximate surface area is 94.0 Å². The topological polar surface area (TPSA) is 76.7 Å². The van der Waals surface area contributed by atoms with Crippen molar-refractivity contribution in [2.45, 2.75) is 56.5 Å². The van der Waals surface area contributed by atoms with Crippen LogP contribution in [0.2, 0.25) is 0 Å². The second kappa shape index (κ2) is 3.45. The van der Waals surface area contributed by atoms with Crippen LogP contribution in [0, 0.1) is 0 Å². The summed E-state index contributed by atoms with van der Waals surface area (Å²) in [4.78, 5) is 11.7. The minimum absolute atomic E-state index is 0.0899. The lowest BCUT2D eigenvalue weighted by Gasteiger charge is -2.32. The van der Waals surface area contributed by atoms with Gasteiger partial charge >= 0.3 is 5.69 Å². The highest BCUT2D eigenvalue weighted by molar-refractivity contribution is 5.09. The summed E-state index contributed by atoms with van der Waals surface area (Å²) in [7, 11) is 0. The molecule has 5 nitrogen and oxygen atoms in total. The Hall–Kier alpha value is -1.10. The van der Waals surface area contributed by atoms with E-state index in [9.17, 15) is 4.79 Å². The molecule has 0 spiro atoms. The van der Waals surface area contributed by atoms with Crippen LogP contribution in [0.15, 0.2) is 4.79 Å². The lowest BCUT2D eigenvalue weighted by Crippen LogP contribution is -2.42. The second-order valence-corrected chi connectivity index (χ2v) is 5.17.